The summed E-state index contributed by atoms with van der Waals surface area (Å²) in [6.45, 7) is 3.92. The summed E-state index contributed by atoms with van der Waals surface area (Å²) in [5, 5.41) is 3.43. The van der Waals surface area contributed by atoms with Crippen LogP contribution in [0.2, 0.25) is 0 Å². The van der Waals surface area contributed by atoms with Gasteiger partial charge in [-0.3, -0.25) is 4.99 Å². The van der Waals surface area contributed by atoms with Gasteiger partial charge < -0.3 is 24.6 Å². The molecule has 0 aliphatic carbocycles. The van der Waals surface area contributed by atoms with Gasteiger partial charge in [0.25, 0.3) is 0 Å². The number of hydrogen-bond acceptors (Lipinski definition) is 6. The number of benzene rings is 1. The number of para-hydroxylation sites is 1. The molecule has 1 aromatic heterocycles. The Balaban J connectivity index is 0.00000300. The molecule has 0 amide bonds. The van der Waals surface area contributed by atoms with Crippen molar-refractivity contribution < 1.29 is 9.47 Å². The largest absolute Gasteiger partial charge is 0.496 e. The summed E-state index contributed by atoms with van der Waals surface area (Å²) >= 11 is 3.39. The topological polar surface area (TPSA) is 75.1 Å². The Kier molecular flexibility index (Phi) is 9.21. The Labute approximate surface area is 196 Å². The summed E-state index contributed by atoms with van der Waals surface area (Å²) in [5.74, 6) is 2.97. The average molecular weight is 577 g/mol. The van der Waals surface area contributed by atoms with E-state index in [2.05, 4.69) is 52.1 Å². The van der Waals surface area contributed by atoms with Crippen LogP contribution in [-0.2, 0) is 6.54 Å². The quantitative estimate of drug-likeness (QED) is 0.333. The summed E-state index contributed by atoms with van der Waals surface area (Å²) in [6.07, 6.45) is 1.72. The third-order valence-electron chi connectivity index (χ3n) is 4.60. The highest BCUT2D eigenvalue weighted by Crippen LogP contribution is 2.24. The fourth-order valence-electron chi connectivity index (χ4n) is 3.11. The number of nitrogens with zero attached hydrogens (tertiary/aromatic N) is 5. The predicted molar refractivity (Wildman–Crippen MR) is 129 cm³/mol. The number of piperazine rings is 1. The molecule has 1 fully saturated rings. The number of halogens is 2. The molecule has 0 saturated carbocycles. The van der Waals surface area contributed by atoms with Crippen molar-refractivity contribution in [3.8, 4) is 11.6 Å². The Morgan fingerprint density at radius 3 is 2.55 bits per heavy atom. The van der Waals surface area contributed by atoms with Crippen molar-refractivity contribution in [2.45, 2.75) is 6.54 Å². The van der Waals surface area contributed by atoms with E-state index < -0.39 is 0 Å². The van der Waals surface area contributed by atoms with E-state index in [-0.39, 0.29) is 24.0 Å². The number of aliphatic imine (C=N–C) groups is 1. The number of aromatic nitrogens is 2. The Hall–Kier alpha value is -1.82. The highest BCUT2D eigenvalue weighted by atomic mass is 127. The van der Waals surface area contributed by atoms with Gasteiger partial charge in [-0.05, 0) is 22.0 Å². The molecule has 0 spiro atoms. The van der Waals surface area contributed by atoms with E-state index in [9.17, 15) is 0 Å². The smallest absolute Gasteiger partial charge is 0.232 e. The van der Waals surface area contributed by atoms with Crippen LogP contribution in [0, 0.1) is 0 Å². The number of anilines is 1. The zero-order valence-corrected chi connectivity index (χ0v) is 20.7. The molecule has 1 saturated heterocycles. The number of nitrogens with one attached hydrogen (secondary N) is 1. The van der Waals surface area contributed by atoms with E-state index in [1.165, 1.54) is 0 Å². The fraction of sp³-hybridized carbons (Fsp3) is 0.421. The van der Waals surface area contributed by atoms with Gasteiger partial charge in [0.15, 0.2) is 5.96 Å². The molecule has 1 aliphatic rings. The molecule has 158 valence electrons. The van der Waals surface area contributed by atoms with E-state index in [1.54, 1.807) is 27.5 Å². The molecule has 0 radical (unpaired) electrons. The lowest BCUT2D eigenvalue weighted by atomic mass is 10.2. The second kappa shape index (κ2) is 11.4. The van der Waals surface area contributed by atoms with Gasteiger partial charge in [0, 0.05) is 45.3 Å². The molecular formula is C19H26BrIN6O2. The second-order valence-corrected chi connectivity index (χ2v) is 7.07. The molecule has 0 bridgehead atoms. The maximum atomic E-state index is 5.42. The van der Waals surface area contributed by atoms with Gasteiger partial charge in [0.2, 0.25) is 11.8 Å². The van der Waals surface area contributed by atoms with Crippen molar-refractivity contribution in [1.82, 2.24) is 20.2 Å². The van der Waals surface area contributed by atoms with Crippen molar-refractivity contribution in [1.29, 1.82) is 0 Å². The molecule has 2 aromatic rings. The van der Waals surface area contributed by atoms with Crippen molar-refractivity contribution >= 4 is 51.8 Å². The first-order chi connectivity index (χ1) is 13.7. The van der Waals surface area contributed by atoms with Crippen LogP contribution in [0.4, 0.5) is 5.95 Å². The lowest BCUT2D eigenvalue weighted by Crippen LogP contribution is -2.52. The number of hydrogen-bond donors (Lipinski definition) is 1. The first-order valence-corrected chi connectivity index (χ1v) is 9.84. The lowest BCUT2D eigenvalue weighted by molar-refractivity contribution is 0.365. The van der Waals surface area contributed by atoms with Gasteiger partial charge in [0.05, 0.1) is 24.9 Å². The summed E-state index contributed by atoms with van der Waals surface area (Å²) in [7, 11) is 5.10. The first-order valence-electron chi connectivity index (χ1n) is 9.05. The van der Waals surface area contributed by atoms with E-state index in [1.807, 2.05) is 18.2 Å². The standard InChI is InChI=1S/C19H25BrN6O2.HI/c1-21-18(22-12-14-6-4-5-7-16(14)27-2)25-8-10-26(11-9-25)19-23-13-15(20)17(24-19)28-3;/h4-7,13H,8-12H2,1-3H3,(H,21,22);1H. The van der Waals surface area contributed by atoms with Gasteiger partial charge in [-0.2, -0.15) is 4.98 Å². The minimum Gasteiger partial charge on any atom is -0.496 e. The third-order valence-corrected chi connectivity index (χ3v) is 5.14. The van der Waals surface area contributed by atoms with Crippen molar-refractivity contribution in [3.05, 3.63) is 40.5 Å². The van der Waals surface area contributed by atoms with Gasteiger partial charge in [-0.1, -0.05) is 18.2 Å². The van der Waals surface area contributed by atoms with Crippen molar-refractivity contribution in [2.24, 2.45) is 4.99 Å². The predicted octanol–water partition coefficient (Wildman–Crippen LogP) is 2.77. The number of ether oxygens (including phenoxy) is 2. The van der Waals surface area contributed by atoms with Crippen LogP contribution >= 0.6 is 39.9 Å². The molecule has 0 atom stereocenters. The van der Waals surface area contributed by atoms with Crippen LogP contribution in [-0.4, -0.2) is 68.3 Å². The summed E-state index contributed by atoms with van der Waals surface area (Å²) in [6, 6.07) is 7.99. The maximum absolute atomic E-state index is 5.42. The Morgan fingerprint density at radius 1 is 1.17 bits per heavy atom. The maximum Gasteiger partial charge on any atom is 0.232 e. The highest BCUT2D eigenvalue weighted by molar-refractivity contribution is 14.0. The molecule has 1 aromatic carbocycles. The molecule has 3 rings (SSSR count). The third kappa shape index (κ3) is 5.84. The zero-order chi connectivity index (χ0) is 19.9. The highest BCUT2D eigenvalue weighted by Gasteiger charge is 2.22. The monoisotopic (exact) mass is 576 g/mol. The number of rotatable bonds is 5. The van der Waals surface area contributed by atoms with Crippen LogP contribution < -0.4 is 19.7 Å². The average Bonchev–Trinajstić information content (AvgIpc) is 2.75. The molecule has 1 N–H and O–H groups in total. The van der Waals surface area contributed by atoms with Crippen molar-refractivity contribution in [2.75, 3.05) is 52.3 Å². The summed E-state index contributed by atoms with van der Waals surface area (Å²) in [4.78, 5) is 17.7. The molecular weight excluding hydrogens is 551 g/mol. The SMILES string of the molecule is CN=C(NCc1ccccc1OC)N1CCN(c2ncc(Br)c(OC)n2)CC1.I. The van der Waals surface area contributed by atoms with Crippen LogP contribution in [0.15, 0.2) is 39.9 Å². The van der Waals surface area contributed by atoms with E-state index >= 15 is 0 Å². The molecule has 8 nitrogen and oxygen atoms in total. The summed E-state index contributed by atoms with van der Waals surface area (Å²) in [5.41, 5.74) is 1.10. The minimum absolute atomic E-state index is 0. The van der Waals surface area contributed by atoms with Gasteiger partial charge in [0.1, 0.15) is 5.75 Å². The molecule has 0 unspecified atom stereocenters. The molecule has 29 heavy (non-hydrogen) atoms. The molecule has 1 aliphatic heterocycles. The molecule has 2 heterocycles. The van der Waals surface area contributed by atoms with Crippen LogP contribution in [0.25, 0.3) is 0 Å². The van der Waals surface area contributed by atoms with E-state index in [0.717, 1.165) is 47.9 Å². The Morgan fingerprint density at radius 2 is 1.90 bits per heavy atom. The van der Waals surface area contributed by atoms with Crippen LogP contribution in [0.3, 0.4) is 0 Å². The van der Waals surface area contributed by atoms with Crippen molar-refractivity contribution in [3.63, 3.8) is 0 Å². The minimum atomic E-state index is 0. The van der Waals surface area contributed by atoms with E-state index in [4.69, 9.17) is 9.47 Å². The van der Waals surface area contributed by atoms with Crippen LogP contribution in [0.5, 0.6) is 11.6 Å². The lowest BCUT2D eigenvalue weighted by Gasteiger charge is -2.36. The fourth-order valence-corrected chi connectivity index (χ4v) is 3.46. The second-order valence-electron chi connectivity index (χ2n) is 6.21. The van der Waals surface area contributed by atoms with Gasteiger partial charge in [-0.15, -0.1) is 24.0 Å². The molecule has 10 heteroatoms. The normalized spacial score (nSPS) is 14.3. The zero-order valence-electron chi connectivity index (χ0n) is 16.8. The first kappa shape index (κ1) is 23.5. The van der Waals surface area contributed by atoms with Crippen LogP contribution in [0.1, 0.15) is 5.56 Å². The Bertz CT molecular complexity index is 830. The number of methoxy groups -OCH3 is 2. The van der Waals surface area contributed by atoms with Gasteiger partial charge >= 0.3 is 0 Å². The van der Waals surface area contributed by atoms with E-state index in [0.29, 0.717) is 18.4 Å². The van der Waals surface area contributed by atoms with Gasteiger partial charge in [-0.25, -0.2) is 4.98 Å². The summed E-state index contributed by atoms with van der Waals surface area (Å²) < 4.78 is 11.4. The number of guanidine groups is 1.